The first-order valence-electron chi connectivity index (χ1n) is 7.28. The van der Waals surface area contributed by atoms with E-state index in [1.54, 1.807) is 14.0 Å². The zero-order valence-electron chi connectivity index (χ0n) is 13.4. The van der Waals surface area contributed by atoms with Crippen molar-refractivity contribution in [3.63, 3.8) is 0 Å². The van der Waals surface area contributed by atoms with Gasteiger partial charge in [-0.15, -0.1) is 24.0 Å². The number of guanidine groups is 1. The molecule has 2 N–H and O–H groups in total. The fraction of sp³-hybridized carbons (Fsp3) is 0.923. The van der Waals surface area contributed by atoms with Crippen molar-refractivity contribution in [1.29, 1.82) is 0 Å². The lowest BCUT2D eigenvalue weighted by Crippen LogP contribution is -2.40. The van der Waals surface area contributed by atoms with Crippen molar-refractivity contribution in [3.05, 3.63) is 0 Å². The molecular weight excluding hydrogens is 405 g/mol. The first-order valence-corrected chi connectivity index (χ1v) is 9.10. The quantitative estimate of drug-likeness (QED) is 0.222. The normalized spacial score (nSPS) is 11.9. The smallest absolute Gasteiger partial charge is 0.191 e. The molecule has 6 nitrogen and oxygen atoms in total. The number of unbranched alkanes of at least 4 members (excludes halogenated alkanes) is 1. The average Bonchev–Trinajstić information content (AvgIpc) is 2.44. The van der Waals surface area contributed by atoms with Crippen molar-refractivity contribution in [1.82, 2.24) is 10.6 Å². The molecule has 0 aliphatic carbocycles. The molecule has 21 heavy (non-hydrogen) atoms. The number of rotatable bonds is 11. The Morgan fingerprint density at radius 3 is 2.29 bits per heavy atom. The summed E-state index contributed by atoms with van der Waals surface area (Å²) in [6.45, 7) is 6.47. The van der Waals surface area contributed by atoms with Crippen molar-refractivity contribution in [2.24, 2.45) is 4.99 Å². The van der Waals surface area contributed by atoms with Gasteiger partial charge in [0.2, 0.25) is 0 Å². The van der Waals surface area contributed by atoms with E-state index in [1.807, 2.05) is 0 Å². The molecule has 0 aromatic rings. The maximum absolute atomic E-state index is 11.3. The van der Waals surface area contributed by atoms with Crippen LogP contribution in [0, 0.1) is 0 Å². The van der Waals surface area contributed by atoms with Gasteiger partial charge in [0.25, 0.3) is 0 Å². The number of ether oxygens (including phenoxy) is 1. The second-order valence-electron chi connectivity index (χ2n) is 4.48. The Labute approximate surface area is 146 Å². The van der Waals surface area contributed by atoms with Gasteiger partial charge in [0.15, 0.2) is 15.8 Å². The van der Waals surface area contributed by atoms with Crippen LogP contribution in [0.25, 0.3) is 0 Å². The largest absolute Gasteiger partial charge is 0.381 e. The Hall–Kier alpha value is -0.0900. The number of sulfone groups is 1. The Bertz CT molecular complexity index is 362. The van der Waals surface area contributed by atoms with E-state index >= 15 is 0 Å². The van der Waals surface area contributed by atoms with Crippen LogP contribution in [0.5, 0.6) is 0 Å². The molecule has 0 aliphatic rings. The molecule has 0 saturated heterocycles. The maximum atomic E-state index is 11.3. The van der Waals surface area contributed by atoms with Gasteiger partial charge < -0.3 is 15.4 Å². The highest BCUT2D eigenvalue weighted by Gasteiger charge is 2.07. The highest BCUT2D eigenvalue weighted by atomic mass is 127. The summed E-state index contributed by atoms with van der Waals surface area (Å²) in [7, 11) is -1.26. The summed E-state index contributed by atoms with van der Waals surface area (Å²) >= 11 is 0. The average molecular weight is 435 g/mol. The van der Waals surface area contributed by atoms with Crippen LogP contribution in [0.3, 0.4) is 0 Å². The van der Waals surface area contributed by atoms with Crippen LogP contribution in [-0.2, 0) is 14.6 Å². The first-order chi connectivity index (χ1) is 9.55. The third-order valence-electron chi connectivity index (χ3n) is 2.77. The summed E-state index contributed by atoms with van der Waals surface area (Å²) in [5.41, 5.74) is 0. The van der Waals surface area contributed by atoms with Gasteiger partial charge in [-0.1, -0.05) is 20.3 Å². The van der Waals surface area contributed by atoms with E-state index in [4.69, 9.17) is 4.74 Å². The van der Waals surface area contributed by atoms with Crippen LogP contribution in [0.2, 0.25) is 0 Å². The molecule has 0 saturated carbocycles. The second-order valence-corrected chi connectivity index (χ2v) is 6.95. The van der Waals surface area contributed by atoms with E-state index < -0.39 is 9.84 Å². The van der Waals surface area contributed by atoms with Crippen LogP contribution in [0.15, 0.2) is 4.99 Å². The predicted molar refractivity (Wildman–Crippen MR) is 99.5 cm³/mol. The Balaban J connectivity index is 0. The van der Waals surface area contributed by atoms with Crippen molar-refractivity contribution in [2.45, 2.75) is 33.1 Å². The summed E-state index contributed by atoms with van der Waals surface area (Å²) < 4.78 is 28.1. The molecule has 128 valence electrons. The van der Waals surface area contributed by atoms with Gasteiger partial charge in [-0.2, -0.15) is 0 Å². The molecule has 0 heterocycles. The minimum atomic E-state index is -2.93. The van der Waals surface area contributed by atoms with Crippen molar-refractivity contribution >= 4 is 39.8 Å². The minimum Gasteiger partial charge on any atom is -0.381 e. The molecule has 0 aliphatic heterocycles. The molecule has 0 aromatic heterocycles. The van der Waals surface area contributed by atoms with Gasteiger partial charge >= 0.3 is 0 Å². The van der Waals surface area contributed by atoms with E-state index in [2.05, 4.69) is 22.5 Å². The molecular formula is C13H30IN3O3S. The molecule has 0 fully saturated rings. The van der Waals surface area contributed by atoms with Crippen LogP contribution >= 0.6 is 24.0 Å². The van der Waals surface area contributed by atoms with Crippen molar-refractivity contribution in [2.75, 3.05) is 44.9 Å². The maximum Gasteiger partial charge on any atom is 0.191 e. The van der Waals surface area contributed by atoms with E-state index in [1.165, 1.54) is 0 Å². The van der Waals surface area contributed by atoms with Crippen molar-refractivity contribution in [3.8, 4) is 0 Å². The lowest BCUT2D eigenvalue weighted by molar-refractivity contribution is 0.129. The van der Waals surface area contributed by atoms with Gasteiger partial charge in [-0.05, 0) is 12.8 Å². The zero-order chi connectivity index (χ0) is 15.3. The monoisotopic (exact) mass is 435 g/mol. The summed E-state index contributed by atoms with van der Waals surface area (Å²) in [5, 5.41) is 6.12. The fourth-order valence-electron chi connectivity index (χ4n) is 1.42. The summed E-state index contributed by atoms with van der Waals surface area (Å²) in [4.78, 5) is 4.04. The highest BCUT2D eigenvalue weighted by Crippen LogP contribution is 1.89. The van der Waals surface area contributed by atoms with Crippen molar-refractivity contribution < 1.29 is 13.2 Å². The van der Waals surface area contributed by atoms with E-state index in [9.17, 15) is 8.42 Å². The van der Waals surface area contributed by atoms with Crippen LogP contribution in [-0.4, -0.2) is 59.2 Å². The minimum absolute atomic E-state index is 0. The Morgan fingerprint density at radius 2 is 1.71 bits per heavy atom. The van der Waals surface area contributed by atoms with Gasteiger partial charge in [-0.3, -0.25) is 4.99 Å². The lowest BCUT2D eigenvalue weighted by atomic mass is 10.4. The molecule has 0 rings (SSSR count). The summed E-state index contributed by atoms with van der Waals surface area (Å²) in [6, 6.07) is 0. The number of hydrogen-bond donors (Lipinski definition) is 2. The molecule has 0 bridgehead atoms. The highest BCUT2D eigenvalue weighted by molar-refractivity contribution is 14.0. The lowest BCUT2D eigenvalue weighted by Gasteiger charge is -2.11. The summed E-state index contributed by atoms with van der Waals surface area (Å²) in [5.74, 6) is 0.935. The molecule has 0 spiro atoms. The van der Waals surface area contributed by atoms with Crippen LogP contribution in [0.1, 0.15) is 33.1 Å². The number of halogens is 1. The molecule has 8 heteroatoms. The number of nitrogens with one attached hydrogen (secondary N) is 2. The standard InChI is InChI=1S/C13H29N3O3S.HI/c1-4-6-10-19-11-7-8-15-13(14-3)16-9-12-20(17,18)5-2;/h4-12H2,1-3H3,(H2,14,15,16);1H. The Kier molecular flexibility index (Phi) is 16.4. The molecule has 0 atom stereocenters. The van der Waals surface area contributed by atoms with Gasteiger partial charge in [-0.25, -0.2) is 8.42 Å². The van der Waals surface area contributed by atoms with Gasteiger partial charge in [0.05, 0.1) is 5.75 Å². The SMILES string of the molecule is CCCCOCCCNC(=NC)NCCS(=O)(=O)CC.I. The fourth-order valence-corrected chi connectivity index (χ4v) is 2.12. The topological polar surface area (TPSA) is 79.8 Å². The van der Waals surface area contributed by atoms with Crippen LogP contribution < -0.4 is 10.6 Å². The number of hydrogen-bond acceptors (Lipinski definition) is 4. The molecule has 0 amide bonds. The zero-order valence-corrected chi connectivity index (χ0v) is 16.5. The van der Waals surface area contributed by atoms with Gasteiger partial charge in [0.1, 0.15) is 0 Å². The van der Waals surface area contributed by atoms with Gasteiger partial charge in [0, 0.05) is 39.1 Å². The predicted octanol–water partition coefficient (Wildman–Crippen LogP) is 1.41. The summed E-state index contributed by atoms with van der Waals surface area (Å²) in [6.07, 6.45) is 3.15. The van der Waals surface area contributed by atoms with Crippen LogP contribution in [0.4, 0.5) is 0 Å². The third-order valence-corrected chi connectivity index (χ3v) is 4.47. The molecule has 0 unspecified atom stereocenters. The Morgan fingerprint density at radius 1 is 1.10 bits per heavy atom. The molecule has 0 radical (unpaired) electrons. The molecule has 0 aromatic carbocycles. The van der Waals surface area contributed by atoms with E-state index in [-0.39, 0.29) is 35.5 Å². The number of aliphatic imine (C=N–C) groups is 1. The number of nitrogens with zero attached hydrogens (tertiary/aromatic N) is 1. The first kappa shape index (κ1) is 23.2. The van der Waals surface area contributed by atoms with E-state index in [0.29, 0.717) is 12.5 Å². The second kappa shape index (κ2) is 14.8. The van der Waals surface area contributed by atoms with E-state index in [0.717, 1.165) is 39.0 Å². The third kappa shape index (κ3) is 14.6.